The molecular formula is C21H29N3O5. The fourth-order valence-corrected chi connectivity index (χ4v) is 4.04. The first-order chi connectivity index (χ1) is 13.8. The number of ether oxygens (including phenoxy) is 1. The second-order valence-corrected chi connectivity index (χ2v) is 8.29. The van der Waals surface area contributed by atoms with E-state index in [1.54, 1.807) is 11.0 Å². The number of amides is 1. The van der Waals surface area contributed by atoms with Crippen LogP contribution >= 0.6 is 0 Å². The van der Waals surface area contributed by atoms with Gasteiger partial charge >= 0.3 is 5.97 Å². The molecule has 2 saturated heterocycles. The van der Waals surface area contributed by atoms with Gasteiger partial charge in [-0.2, -0.15) is 0 Å². The Morgan fingerprint density at radius 3 is 2.52 bits per heavy atom. The molecule has 3 rings (SSSR count). The maximum Gasteiger partial charge on any atom is 0.341 e. The first kappa shape index (κ1) is 21.1. The zero-order valence-corrected chi connectivity index (χ0v) is 17.1. The highest BCUT2D eigenvalue weighted by atomic mass is 16.6. The number of anilines is 1. The molecule has 2 aliphatic rings. The van der Waals surface area contributed by atoms with Gasteiger partial charge in [0.05, 0.1) is 16.2 Å². The van der Waals surface area contributed by atoms with Crippen LogP contribution in [0, 0.1) is 22.0 Å². The standard InChI is InChI=1S/C21H29N3O5/c1-15-7-10-22(11-8-15)19-6-5-17(24(27)28)12-18(19)21(26)29-14-20(25)23-9-3-4-16(2)13-23/h5-6,12,15-16H,3-4,7-11,13-14H2,1-2H3/t16-/m1/s1. The number of piperidine rings is 2. The van der Waals surface area contributed by atoms with E-state index in [9.17, 15) is 19.7 Å². The van der Waals surface area contributed by atoms with E-state index in [0.717, 1.165) is 38.8 Å². The van der Waals surface area contributed by atoms with Gasteiger partial charge in [0.25, 0.3) is 11.6 Å². The summed E-state index contributed by atoms with van der Waals surface area (Å²) in [5, 5.41) is 11.2. The van der Waals surface area contributed by atoms with Gasteiger partial charge in [0.2, 0.25) is 0 Å². The summed E-state index contributed by atoms with van der Waals surface area (Å²) in [6.45, 7) is 6.85. The van der Waals surface area contributed by atoms with Gasteiger partial charge in [0, 0.05) is 38.3 Å². The number of carbonyl (C=O) groups is 2. The third-order valence-corrected chi connectivity index (χ3v) is 5.87. The number of non-ortho nitro benzene ring substituents is 1. The molecule has 1 amide bonds. The zero-order valence-electron chi connectivity index (χ0n) is 17.1. The van der Waals surface area contributed by atoms with Crippen molar-refractivity contribution in [1.29, 1.82) is 0 Å². The Hall–Kier alpha value is -2.64. The van der Waals surface area contributed by atoms with Crippen LogP contribution in [0.4, 0.5) is 11.4 Å². The Bertz CT molecular complexity index is 774. The van der Waals surface area contributed by atoms with E-state index in [4.69, 9.17) is 4.74 Å². The van der Waals surface area contributed by atoms with Crippen molar-refractivity contribution in [3.63, 3.8) is 0 Å². The van der Waals surface area contributed by atoms with Crippen LogP contribution in [0.1, 0.15) is 49.9 Å². The highest BCUT2D eigenvalue weighted by molar-refractivity contribution is 5.97. The average molecular weight is 403 g/mol. The number of nitro benzene ring substituents is 1. The van der Waals surface area contributed by atoms with Crippen molar-refractivity contribution in [2.24, 2.45) is 11.8 Å². The highest BCUT2D eigenvalue weighted by Crippen LogP contribution is 2.30. The number of hydrogen-bond donors (Lipinski definition) is 0. The van der Waals surface area contributed by atoms with Gasteiger partial charge < -0.3 is 14.5 Å². The molecule has 1 atom stereocenters. The molecule has 1 aromatic carbocycles. The fourth-order valence-electron chi connectivity index (χ4n) is 4.04. The van der Waals surface area contributed by atoms with Gasteiger partial charge in [-0.25, -0.2) is 4.79 Å². The second-order valence-electron chi connectivity index (χ2n) is 8.29. The number of nitro groups is 1. The molecule has 29 heavy (non-hydrogen) atoms. The van der Waals surface area contributed by atoms with Gasteiger partial charge in [0.15, 0.2) is 6.61 Å². The summed E-state index contributed by atoms with van der Waals surface area (Å²) in [5.74, 6) is 0.141. The van der Waals surface area contributed by atoms with Crippen LogP contribution in [0.2, 0.25) is 0 Å². The van der Waals surface area contributed by atoms with Crippen LogP contribution in [-0.2, 0) is 9.53 Å². The number of hydrogen-bond acceptors (Lipinski definition) is 6. The summed E-state index contributed by atoms with van der Waals surface area (Å²) in [7, 11) is 0. The van der Waals surface area contributed by atoms with Gasteiger partial charge in [-0.05, 0) is 43.6 Å². The second kappa shape index (κ2) is 9.24. The van der Waals surface area contributed by atoms with Gasteiger partial charge in [-0.3, -0.25) is 14.9 Å². The number of rotatable bonds is 5. The number of carbonyl (C=O) groups excluding carboxylic acids is 2. The first-order valence-corrected chi connectivity index (χ1v) is 10.3. The summed E-state index contributed by atoms with van der Waals surface area (Å²) in [4.78, 5) is 39.6. The Balaban J connectivity index is 1.72. The Morgan fingerprint density at radius 1 is 1.14 bits per heavy atom. The number of esters is 1. The van der Waals surface area contributed by atoms with Crippen LogP contribution in [0.5, 0.6) is 0 Å². The monoisotopic (exact) mass is 403 g/mol. The maximum absolute atomic E-state index is 12.8. The van der Waals surface area contributed by atoms with E-state index < -0.39 is 10.9 Å². The SMILES string of the molecule is CC1CCN(c2ccc([N+](=O)[O-])cc2C(=O)OCC(=O)N2CCC[C@@H](C)C2)CC1. The molecule has 1 aromatic rings. The van der Waals surface area contributed by atoms with Crippen molar-refractivity contribution >= 4 is 23.3 Å². The molecule has 2 aliphatic heterocycles. The van der Waals surface area contributed by atoms with Crippen molar-refractivity contribution in [3.05, 3.63) is 33.9 Å². The van der Waals surface area contributed by atoms with Crippen LogP contribution in [0.3, 0.4) is 0 Å². The molecule has 0 aromatic heterocycles. The summed E-state index contributed by atoms with van der Waals surface area (Å²) >= 11 is 0. The highest BCUT2D eigenvalue weighted by Gasteiger charge is 2.26. The topological polar surface area (TPSA) is 93.0 Å². The summed E-state index contributed by atoms with van der Waals surface area (Å²) in [6, 6.07) is 4.27. The molecule has 8 heteroatoms. The maximum atomic E-state index is 12.8. The van der Waals surface area contributed by atoms with E-state index in [2.05, 4.69) is 18.7 Å². The largest absolute Gasteiger partial charge is 0.452 e. The lowest BCUT2D eigenvalue weighted by molar-refractivity contribution is -0.384. The zero-order chi connectivity index (χ0) is 21.0. The van der Waals surface area contributed by atoms with Crippen molar-refractivity contribution in [3.8, 4) is 0 Å². The third kappa shape index (κ3) is 5.25. The van der Waals surface area contributed by atoms with Crippen molar-refractivity contribution in [2.45, 2.75) is 39.5 Å². The summed E-state index contributed by atoms with van der Waals surface area (Å²) in [5.41, 5.74) is 0.613. The minimum absolute atomic E-state index is 0.147. The number of benzene rings is 1. The summed E-state index contributed by atoms with van der Waals surface area (Å²) < 4.78 is 5.29. The first-order valence-electron chi connectivity index (χ1n) is 10.3. The smallest absolute Gasteiger partial charge is 0.341 e. The summed E-state index contributed by atoms with van der Waals surface area (Å²) in [6.07, 6.45) is 4.03. The van der Waals surface area contributed by atoms with Crippen LogP contribution < -0.4 is 4.90 Å². The molecule has 158 valence electrons. The van der Waals surface area contributed by atoms with Crippen molar-refractivity contribution in [1.82, 2.24) is 4.90 Å². The molecule has 0 saturated carbocycles. The number of likely N-dealkylation sites (tertiary alicyclic amines) is 1. The Morgan fingerprint density at radius 2 is 1.86 bits per heavy atom. The average Bonchev–Trinajstić information content (AvgIpc) is 2.72. The van der Waals surface area contributed by atoms with Gasteiger partial charge in [0.1, 0.15) is 0 Å². The van der Waals surface area contributed by atoms with Crippen molar-refractivity contribution < 1.29 is 19.2 Å². The van der Waals surface area contributed by atoms with Crippen molar-refractivity contribution in [2.75, 3.05) is 37.7 Å². The van der Waals surface area contributed by atoms with E-state index in [-0.39, 0.29) is 23.8 Å². The third-order valence-electron chi connectivity index (χ3n) is 5.87. The predicted molar refractivity (Wildman–Crippen MR) is 109 cm³/mol. The molecule has 0 unspecified atom stereocenters. The Labute approximate surface area is 171 Å². The molecular weight excluding hydrogens is 374 g/mol. The lowest BCUT2D eigenvalue weighted by Crippen LogP contribution is -2.41. The van der Waals surface area contributed by atoms with Crippen LogP contribution in [-0.4, -0.2) is 54.5 Å². The number of nitrogens with zero attached hydrogens (tertiary/aromatic N) is 3. The van der Waals surface area contributed by atoms with Crippen LogP contribution in [0.25, 0.3) is 0 Å². The molecule has 2 heterocycles. The van der Waals surface area contributed by atoms with E-state index >= 15 is 0 Å². The molecule has 2 fully saturated rings. The van der Waals surface area contributed by atoms with Gasteiger partial charge in [-0.15, -0.1) is 0 Å². The Kier molecular flexibility index (Phi) is 6.71. The van der Waals surface area contributed by atoms with E-state index in [1.165, 1.54) is 12.1 Å². The quantitative estimate of drug-likeness (QED) is 0.426. The molecule has 0 radical (unpaired) electrons. The lowest BCUT2D eigenvalue weighted by atomic mass is 9.98. The minimum atomic E-state index is -0.694. The van der Waals surface area contributed by atoms with E-state index in [1.807, 2.05) is 0 Å². The molecule has 0 bridgehead atoms. The van der Waals surface area contributed by atoms with E-state index in [0.29, 0.717) is 30.6 Å². The molecule has 8 nitrogen and oxygen atoms in total. The fraction of sp³-hybridized carbons (Fsp3) is 0.619. The predicted octanol–water partition coefficient (Wildman–Crippen LogP) is 3.25. The van der Waals surface area contributed by atoms with Crippen LogP contribution in [0.15, 0.2) is 18.2 Å². The minimum Gasteiger partial charge on any atom is -0.452 e. The van der Waals surface area contributed by atoms with Gasteiger partial charge in [-0.1, -0.05) is 13.8 Å². The normalized spacial score (nSPS) is 20.4. The lowest BCUT2D eigenvalue weighted by Gasteiger charge is -2.33. The molecule has 0 spiro atoms. The molecule has 0 N–H and O–H groups in total. The molecule has 0 aliphatic carbocycles.